The summed E-state index contributed by atoms with van der Waals surface area (Å²) >= 11 is 3.41. The molecule has 0 aliphatic carbocycles. The zero-order chi connectivity index (χ0) is 18.9. The Labute approximate surface area is 163 Å². The van der Waals surface area contributed by atoms with Gasteiger partial charge in [-0.25, -0.2) is 0 Å². The first-order chi connectivity index (χ1) is 12.6. The monoisotopic (exact) mass is 420 g/mol. The number of benzene rings is 2. The molecule has 140 valence electrons. The predicted molar refractivity (Wildman–Crippen MR) is 108 cm³/mol. The number of rotatable bonds is 9. The molecule has 2 aromatic carbocycles. The molecule has 1 N–H and O–H groups in total. The van der Waals surface area contributed by atoms with Gasteiger partial charge in [-0.2, -0.15) is 0 Å². The number of nitrogens with zero attached hydrogens (tertiary/aromatic N) is 1. The first-order valence-corrected chi connectivity index (χ1v) is 9.47. The second-order valence-electron chi connectivity index (χ2n) is 5.67. The first kappa shape index (κ1) is 20.3. The van der Waals surface area contributed by atoms with Crippen LogP contribution in [0.1, 0.15) is 24.2 Å². The first-order valence-electron chi connectivity index (χ1n) is 8.68. The summed E-state index contributed by atoms with van der Waals surface area (Å²) in [5.41, 5.74) is 1.15. The fourth-order valence-electron chi connectivity index (χ4n) is 2.52. The number of likely N-dealkylation sites (N-methyl/N-ethyl adjacent to an activating group) is 1. The van der Waals surface area contributed by atoms with Crippen LogP contribution in [0.15, 0.2) is 46.9 Å². The number of nitrogens with one attached hydrogen (secondary N) is 1. The maximum absolute atomic E-state index is 12.7. The van der Waals surface area contributed by atoms with Gasteiger partial charge in [0, 0.05) is 11.0 Å². The van der Waals surface area contributed by atoms with E-state index in [2.05, 4.69) is 40.0 Å². The lowest BCUT2D eigenvalue weighted by molar-refractivity contribution is 0.102. The minimum absolute atomic E-state index is 0.226. The second-order valence-corrected chi connectivity index (χ2v) is 6.53. The Morgan fingerprint density at radius 3 is 2.58 bits per heavy atom. The molecule has 0 spiro atoms. The molecule has 2 rings (SSSR count). The molecule has 0 aliphatic heterocycles. The van der Waals surface area contributed by atoms with Gasteiger partial charge in [-0.3, -0.25) is 4.79 Å². The molecule has 5 nitrogen and oxygen atoms in total. The van der Waals surface area contributed by atoms with Gasteiger partial charge in [0.25, 0.3) is 5.91 Å². The maximum atomic E-state index is 12.7. The summed E-state index contributed by atoms with van der Waals surface area (Å²) in [4.78, 5) is 15.0. The van der Waals surface area contributed by atoms with Crippen LogP contribution in [0.25, 0.3) is 0 Å². The van der Waals surface area contributed by atoms with Crippen molar-refractivity contribution in [3.63, 3.8) is 0 Å². The largest absolute Gasteiger partial charge is 0.497 e. The minimum atomic E-state index is -0.226. The molecule has 0 aromatic heterocycles. The van der Waals surface area contributed by atoms with E-state index in [4.69, 9.17) is 9.47 Å². The Balaban J connectivity index is 2.09. The third-order valence-corrected chi connectivity index (χ3v) is 4.80. The number of ether oxygens (including phenoxy) is 2. The van der Waals surface area contributed by atoms with Crippen LogP contribution in [-0.2, 0) is 0 Å². The predicted octanol–water partition coefficient (Wildman–Crippen LogP) is 4.43. The summed E-state index contributed by atoms with van der Waals surface area (Å²) in [6, 6.07) is 12.7. The number of anilines is 1. The number of para-hydroxylation sites is 2. The molecule has 0 unspecified atom stereocenters. The highest BCUT2D eigenvalue weighted by atomic mass is 79.9. The highest BCUT2D eigenvalue weighted by molar-refractivity contribution is 9.10. The molecular weight excluding hydrogens is 396 g/mol. The Kier molecular flexibility index (Phi) is 7.94. The third kappa shape index (κ3) is 5.47. The van der Waals surface area contributed by atoms with E-state index in [-0.39, 0.29) is 5.91 Å². The van der Waals surface area contributed by atoms with Gasteiger partial charge in [0.2, 0.25) is 0 Å². The summed E-state index contributed by atoms with van der Waals surface area (Å²) in [6.45, 7) is 7.64. The fraction of sp³-hybridized carbons (Fsp3) is 0.350. The Morgan fingerprint density at radius 1 is 1.15 bits per heavy atom. The van der Waals surface area contributed by atoms with Crippen molar-refractivity contribution in [1.29, 1.82) is 0 Å². The van der Waals surface area contributed by atoms with Crippen LogP contribution in [0.4, 0.5) is 5.69 Å². The van der Waals surface area contributed by atoms with Crippen molar-refractivity contribution in [2.24, 2.45) is 0 Å². The number of halogens is 1. The van der Waals surface area contributed by atoms with E-state index in [1.54, 1.807) is 25.3 Å². The number of methoxy groups -OCH3 is 1. The Hall–Kier alpha value is -2.05. The van der Waals surface area contributed by atoms with Crippen LogP contribution in [0.2, 0.25) is 0 Å². The summed E-state index contributed by atoms with van der Waals surface area (Å²) in [5, 5.41) is 2.92. The van der Waals surface area contributed by atoms with Gasteiger partial charge < -0.3 is 19.7 Å². The van der Waals surface area contributed by atoms with E-state index in [0.717, 1.165) is 19.6 Å². The SMILES string of the molecule is CCN(CC)CCOc1ccccc1NC(=O)c1cc(OC)ccc1Br. The topological polar surface area (TPSA) is 50.8 Å². The summed E-state index contributed by atoms with van der Waals surface area (Å²) in [6.07, 6.45) is 0. The molecule has 6 heteroatoms. The van der Waals surface area contributed by atoms with Crippen molar-refractivity contribution in [3.8, 4) is 11.5 Å². The summed E-state index contributed by atoms with van der Waals surface area (Å²) in [5.74, 6) is 1.06. The quantitative estimate of drug-likeness (QED) is 0.651. The number of carbonyl (C=O) groups excluding carboxylic acids is 1. The smallest absolute Gasteiger partial charge is 0.257 e. The minimum Gasteiger partial charge on any atom is -0.497 e. The molecule has 1 amide bonds. The highest BCUT2D eigenvalue weighted by Crippen LogP contribution is 2.27. The molecule has 0 fully saturated rings. The lowest BCUT2D eigenvalue weighted by Gasteiger charge is -2.19. The third-order valence-electron chi connectivity index (χ3n) is 4.11. The van der Waals surface area contributed by atoms with Crippen molar-refractivity contribution in [2.45, 2.75) is 13.8 Å². The van der Waals surface area contributed by atoms with Gasteiger partial charge in [0.05, 0.1) is 18.4 Å². The van der Waals surface area contributed by atoms with Crippen molar-refractivity contribution >= 4 is 27.5 Å². The van der Waals surface area contributed by atoms with E-state index < -0.39 is 0 Å². The van der Waals surface area contributed by atoms with Crippen molar-refractivity contribution in [3.05, 3.63) is 52.5 Å². The molecule has 0 saturated heterocycles. The Bertz CT molecular complexity index is 733. The Morgan fingerprint density at radius 2 is 1.88 bits per heavy atom. The normalized spacial score (nSPS) is 10.7. The van der Waals surface area contributed by atoms with Crippen LogP contribution in [-0.4, -0.2) is 44.2 Å². The van der Waals surface area contributed by atoms with E-state index in [9.17, 15) is 4.79 Å². The van der Waals surface area contributed by atoms with Gasteiger partial charge in [0.1, 0.15) is 18.1 Å². The molecular formula is C20H25BrN2O3. The van der Waals surface area contributed by atoms with E-state index in [1.165, 1.54) is 0 Å². The molecule has 0 saturated carbocycles. The number of hydrogen-bond acceptors (Lipinski definition) is 4. The van der Waals surface area contributed by atoms with Crippen LogP contribution in [0.3, 0.4) is 0 Å². The lowest BCUT2D eigenvalue weighted by atomic mass is 10.2. The molecule has 0 heterocycles. The average Bonchev–Trinajstić information content (AvgIpc) is 2.66. The summed E-state index contributed by atoms with van der Waals surface area (Å²) in [7, 11) is 1.57. The van der Waals surface area contributed by atoms with Crippen LogP contribution >= 0.6 is 15.9 Å². The van der Waals surface area contributed by atoms with Gasteiger partial charge >= 0.3 is 0 Å². The van der Waals surface area contributed by atoms with Crippen molar-refractivity contribution in [1.82, 2.24) is 4.90 Å². The average molecular weight is 421 g/mol. The van der Waals surface area contributed by atoms with E-state index in [0.29, 0.717) is 33.8 Å². The molecule has 0 bridgehead atoms. The number of carbonyl (C=O) groups is 1. The maximum Gasteiger partial charge on any atom is 0.257 e. The van der Waals surface area contributed by atoms with Gasteiger partial charge in [-0.05, 0) is 59.4 Å². The summed E-state index contributed by atoms with van der Waals surface area (Å²) < 4.78 is 11.8. The van der Waals surface area contributed by atoms with E-state index >= 15 is 0 Å². The molecule has 2 aromatic rings. The van der Waals surface area contributed by atoms with Crippen LogP contribution in [0.5, 0.6) is 11.5 Å². The highest BCUT2D eigenvalue weighted by Gasteiger charge is 2.14. The lowest BCUT2D eigenvalue weighted by Crippen LogP contribution is -2.28. The zero-order valence-electron chi connectivity index (χ0n) is 15.4. The molecule has 0 radical (unpaired) electrons. The zero-order valence-corrected chi connectivity index (χ0v) is 17.0. The number of amides is 1. The number of hydrogen-bond donors (Lipinski definition) is 1. The fourth-order valence-corrected chi connectivity index (χ4v) is 2.94. The second kappa shape index (κ2) is 10.2. The molecule has 0 aliphatic rings. The standard InChI is InChI=1S/C20H25BrN2O3/c1-4-23(5-2)12-13-26-19-9-7-6-8-18(19)22-20(24)16-14-15(25-3)10-11-17(16)21/h6-11,14H,4-5,12-13H2,1-3H3,(H,22,24). The van der Waals surface area contributed by atoms with Gasteiger partial charge in [0.15, 0.2) is 0 Å². The van der Waals surface area contributed by atoms with Crippen LogP contribution < -0.4 is 14.8 Å². The van der Waals surface area contributed by atoms with Gasteiger partial charge in [-0.1, -0.05) is 26.0 Å². The van der Waals surface area contributed by atoms with E-state index in [1.807, 2.05) is 24.3 Å². The van der Waals surface area contributed by atoms with Crippen LogP contribution in [0, 0.1) is 0 Å². The van der Waals surface area contributed by atoms with Gasteiger partial charge in [-0.15, -0.1) is 0 Å². The van der Waals surface area contributed by atoms with Crippen molar-refractivity contribution in [2.75, 3.05) is 38.7 Å². The molecule has 26 heavy (non-hydrogen) atoms. The van der Waals surface area contributed by atoms with Crippen molar-refractivity contribution < 1.29 is 14.3 Å². The molecule has 0 atom stereocenters.